The second-order valence-electron chi connectivity index (χ2n) is 17.2. The number of rotatable bonds is 22. The van der Waals surface area contributed by atoms with Crippen LogP contribution in [0.1, 0.15) is 98.3 Å². The molecule has 0 radical (unpaired) electrons. The predicted molar refractivity (Wildman–Crippen MR) is 230 cm³/mol. The highest BCUT2D eigenvalue weighted by Gasteiger charge is 2.43. The van der Waals surface area contributed by atoms with Gasteiger partial charge in [-0.15, -0.1) is 0 Å². The van der Waals surface area contributed by atoms with E-state index in [9.17, 15) is 29.4 Å². The minimum Gasteiger partial charge on any atom is -0.508 e. The molecule has 3 rings (SSSR count). The molecule has 2 aromatic rings. The SMILES string of the molecule is CCC(C)C(C(CC(=O)N1CCCC1C(OC)C(C)C(=O)NC(C)C(O)c1ccccc1)OC)N(C)C(=O)C(NC(=O)C(C(C)C)N(C)Cc1ccc(O)cc1)C(C)C. The van der Waals surface area contributed by atoms with Crippen LogP contribution in [0.25, 0.3) is 0 Å². The van der Waals surface area contributed by atoms with Crippen molar-refractivity contribution in [2.45, 2.75) is 136 Å². The Morgan fingerprint density at radius 2 is 1.49 bits per heavy atom. The van der Waals surface area contributed by atoms with Crippen molar-refractivity contribution in [3.8, 4) is 5.75 Å². The van der Waals surface area contributed by atoms with Gasteiger partial charge in [-0.25, -0.2) is 0 Å². The molecule has 0 spiro atoms. The molecule has 13 nitrogen and oxygen atoms in total. The number of amides is 4. The van der Waals surface area contributed by atoms with Crippen LogP contribution in [-0.2, 0) is 35.2 Å². The molecule has 10 unspecified atom stereocenters. The van der Waals surface area contributed by atoms with Crippen LogP contribution >= 0.6 is 0 Å². The molecule has 4 amide bonds. The Hall–Kier alpha value is -4.04. The lowest BCUT2D eigenvalue weighted by atomic mass is 9.89. The second kappa shape index (κ2) is 23.1. The lowest BCUT2D eigenvalue weighted by Crippen LogP contribution is -2.60. The van der Waals surface area contributed by atoms with Crippen LogP contribution in [0.15, 0.2) is 54.6 Å². The van der Waals surface area contributed by atoms with Gasteiger partial charge in [-0.3, -0.25) is 24.1 Å². The number of likely N-dealkylation sites (N-methyl/N-ethyl adjacent to an activating group) is 2. The summed E-state index contributed by atoms with van der Waals surface area (Å²) >= 11 is 0. The van der Waals surface area contributed by atoms with Crippen molar-refractivity contribution >= 4 is 23.6 Å². The smallest absolute Gasteiger partial charge is 0.245 e. The lowest BCUT2D eigenvalue weighted by molar-refractivity contribution is -0.148. The molecule has 0 bridgehead atoms. The van der Waals surface area contributed by atoms with Crippen LogP contribution in [0, 0.1) is 23.7 Å². The number of aliphatic hydroxyl groups is 1. The number of benzene rings is 2. The first-order chi connectivity index (χ1) is 27.9. The number of methoxy groups -OCH3 is 2. The molecule has 4 N–H and O–H groups in total. The van der Waals surface area contributed by atoms with Crippen LogP contribution in [0.4, 0.5) is 0 Å². The Bertz CT molecular complexity index is 1620. The summed E-state index contributed by atoms with van der Waals surface area (Å²) in [4.78, 5) is 61.7. The maximum Gasteiger partial charge on any atom is 0.245 e. The maximum atomic E-state index is 14.5. The zero-order valence-corrected chi connectivity index (χ0v) is 37.6. The molecule has 1 aliphatic heterocycles. The highest BCUT2D eigenvalue weighted by molar-refractivity contribution is 5.90. The molecule has 2 aromatic carbocycles. The third kappa shape index (κ3) is 13.0. The Balaban J connectivity index is 1.77. The summed E-state index contributed by atoms with van der Waals surface area (Å²) in [5.41, 5.74) is 1.65. The van der Waals surface area contributed by atoms with Crippen LogP contribution in [0.3, 0.4) is 0 Å². The van der Waals surface area contributed by atoms with E-state index < -0.39 is 48.4 Å². The summed E-state index contributed by atoms with van der Waals surface area (Å²) in [5.74, 6) is -1.74. The van der Waals surface area contributed by atoms with E-state index in [1.54, 1.807) is 57.0 Å². The molecule has 0 aliphatic carbocycles. The molecule has 0 saturated carbocycles. The monoisotopic (exact) mass is 824 g/mol. The van der Waals surface area contributed by atoms with Crippen LogP contribution in [0.2, 0.25) is 0 Å². The van der Waals surface area contributed by atoms with Crippen molar-refractivity contribution in [3.63, 3.8) is 0 Å². The molecule has 1 heterocycles. The summed E-state index contributed by atoms with van der Waals surface area (Å²) < 4.78 is 12.0. The van der Waals surface area contributed by atoms with E-state index in [1.807, 2.05) is 96.0 Å². The van der Waals surface area contributed by atoms with Crippen LogP contribution in [0.5, 0.6) is 5.75 Å². The third-order valence-corrected chi connectivity index (χ3v) is 12.2. The molecular formula is C46H73N5O8. The van der Waals surface area contributed by atoms with E-state index in [1.165, 1.54) is 0 Å². The van der Waals surface area contributed by atoms with Crippen LogP contribution < -0.4 is 10.6 Å². The fourth-order valence-electron chi connectivity index (χ4n) is 8.65. The van der Waals surface area contributed by atoms with Gasteiger partial charge < -0.3 is 40.1 Å². The first kappa shape index (κ1) is 49.3. The first-order valence-electron chi connectivity index (χ1n) is 21.3. The number of aliphatic hydroxyl groups excluding tert-OH is 1. The van der Waals surface area contributed by atoms with Gasteiger partial charge in [0.2, 0.25) is 23.6 Å². The van der Waals surface area contributed by atoms with E-state index in [4.69, 9.17) is 9.47 Å². The van der Waals surface area contributed by atoms with Crippen molar-refractivity contribution in [1.82, 2.24) is 25.3 Å². The molecule has 330 valence electrons. The Labute approximate surface area is 353 Å². The number of aromatic hydroxyl groups is 1. The van der Waals surface area contributed by atoms with Crippen molar-refractivity contribution < 1.29 is 38.9 Å². The van der Waals surface area contributed by atoms with Gasteiger partial charge in [0.25, 0.3) is 0 Å². The number of carbonyl (C=O) groups is 4. The number of phenolic OH excluding ortho intramolecular Hbond substituents is 1. The first-order valence-corrected chi connectivity index (χ1v) is 21.3. The molecule has 1 saturated heterocycles. The Morgan fingerprint density at radius 3 is 2.03 bits per heavy atom. The normalized spacial score (nSPS) is 19.1. The predicted octanol–water partition coefficient (Wildman–Crippen LogP) is 5.15. The minimum atomic E-state index is -0.888. The number of likely N-dealkylation sites (tertiary alicyclic amines) is 1. The van der Waals surface area contributed by atoms with Crippen molar-refractivity contribution in [1.29, 1.82) is 0 Å². The molecule has 10 atom stereocenters. The molecule has 1 aliphatic rings. The van der Waals surface area contributed by atoms with Crippen LogP contribution in [-0.4, -0.2) is 126 Å². The summed E-state index contributed by atoms with van der Waals surface area (Å²) in [6.45, 7) is 16.4. The van der Waals surface area contributed by atoms with E-state index in [0.29, 0.717) is 31.5 Å². The van der Waals surface area contributed by atoms with E-state index >= 15 is 0 Å². The average molecular weight is 824 g/mol. The highest BCUT2D eigenvalue weighted by atomic mass is 16.5. The van der Waals surface area contributed by atoms with Gasteiger partial charge in [0.15, 0.2) is 0 Å². The quantitative estimate of drug-likeness (QED) is 0.126. The molecule has 0 aromatic heterocycles. The van der Waals surface area contributed by atoms with E-state index in [2.05, 4.69) is 10.6 Å². The fourth-order valence-corrected chi connectivity index (χ4v) is 8.65. The number of ether oxygens (including phenoxy) is 2. The van der Waals surface area contributed by atoms with Crippen molar-refractivity contribution in [3.05, 3.63) is 65.7 Å². The fraction of sp³-hybridized carbons (Fsp3) is 0.652. The molecule has 13 heteroatoms. The standard InChI is InChI=1S/C46H73N5O8/c1-13-30(6)41(50(10)46(57)39(28(2)3)48-45(56)40(29(4)5)49(9)27-33-21-23-35(52)24-22-33)37(58-11)26-38(53)51-25-17-20-36(51)43(59-12)31(7)44(55)47-32(8)42(54)34-18-15-14-16-19-34/h14-16,18-19,21-24,28-32,36-37,39-43,52,54H,13,17,20,25-27H2,1-12H3,(H,47,55)(H,48,56). The lowest BCUT2D eigenvalue weighted by Gasteiger charge is -2.41. The van der Waals surface area contributed by atoms with Gasteiger partial charge in [0, 0.05) is 34.4 Å². The number of carbonyl (C=O) groups excluding carboxylic acids is 4. The average Bonchev–Trinajstić information content (AvgIpc) is 3.69. The minimum absolute atomic E-state index is 0.00707. The number of hydrogen-bond donors (Lipinski definition) is 4. The number of nitrogens with zero attached hydrogens (tertiary/aromatic N) is 3. The number of nitrogens with one attached hydrogen (secondary N) is 2. The van der Waals surface area contributed by atoms with E-state index in [-0.39, 0.29) is 59.6 Å². The Kier molecular flexibility index (Phi) is 19.3. The molecular weight excluding hydrogens is 751 g/mol. The molecule has 59 heavy (non-hydrogen) atoms. The van der Waals surface area contributed by atoms with Gasteiger partial charge in [-0.2, -0.15) is 0 Å². The van der Waals surface area contributed by atoms with E-state index in [0.717, 1.165) is 12.0 Å². The maximum absolute atomic E-state index is 14.5. The summed E-state index contributed by atoms with van der Waals surface area (Å²) in [7, 11) is 6.71. The summed E-state index contributed by atoms with van der Waals surface area (Å²) in [6, 6.07) is 13.3. The van der Waals surface area contributed by atoms with Gasteiger partial charge >= 0.3 is 0 Å². The van der Waals surface area contributed by atoms with Crippen molar-refractivity contribution in [2.24, 2.45) is 23.7 Å². The second-order valence-corrected chi connectivity index (χ2v) is 17.2. The largest absolute Gasteiger partial charge is 0.508 e. The zero-order valence-electron chi connectivity index (χ0n) is 37.6. The van der Waals surface area contributed by atoms with Gasteiger partial charge in [0.05, 0.1) is 54.8 Å². The molecule has 1 fully saturated rings. The summed E-state index contributed by atoms with van der Waals surface area (Å²) in [6.07, 6.45) is -0.00835. The van der Waals surface area contributed by atoms with Crippen molar-refractivity contribution in [2.75, 3.05) is 34.9 Å². The zero-order chi connectivity index (χ0) is 44.1. The Morgan fingerprint density at radius 1 is 0.864 bits per heavy atom. The van der Waals surface area contributed by atoms with Gasteiger partial charge in [0.1, 0.15) is 11.8 Å². The number of phenols is 1. The highest BCUT2D eigenvalue weighted by Crippen LogP contribution is 2.30. The number of hydrogen-bond acceptors (Lipinski definition) is 9. The summed E-state index contributed by atoms with van der Waals surface area (Å²) in [5, 5.41) is 26.6. The third-order valence-electron chi connectivity index (χ3n) is 12.2. The van der Waals surface area contributed by atoms with Gasteiger partial charge in [-0.05, 0) is 67.8 Å². The van der Waals surface area contributed by atoms with Gasteiger partial charge in [-0.1, -0.05) is 97.4 Å². The topological polar surface area (TPSA) is 161 Å².